The minimum Gasteiger partial charge on any atom is -0.497 e. The lowest BCUT2D eigenvalue weighted by molar-refractivity contribution is -0.128. The fraction of sp³-hybridized carbons (Fsp3) is 0.462. The van der Waals surface area contributed by atoms with Crippen LogP contribution in [0.5, 0.6) is 5.75 Å². The maximum Gasteiger partial charge on any atom is 0.326 e. The molecular formula is C39H50N5O6P. The van der Waals surface area contributed by atoms with Gasteiger partial charge in [0.15, 0.2) is 0 Å². The molecule has 0 radical (unpaired) electrons. The van der Waals surface area contributed by atoms with E-state index in [4.69, 9.17) is 18.5 Å². The summed E-state index contributed by atoms with van der Waals surface area (Å²) in [5.41, 5.74) is 2.26. The monoisotopic (exact) mass is 715 g/mol. The van der Waals surface area contributed by atoms with Gasteiger partial charge < -0.3 is 18.5 Å². The zero-order valence-corrected chi connectivity index (χ0v) is 31.2. The molecule has 5 atom stereocenters. The van der Waals surface area contributed by atoms with Crippen LogP contribution in [0.4, 0.5) is 4.79 Å². The molecule has 2 fully saturated rings. The Hall–Kier alpha value is -3.88. The Morgan fingerprint density at radius 3 is 2.12 bits per heavy atom. The normalized spacial score (nSPS) is 21.6. The van der Waals surface area contributed by atoms with Gasteiger partial charge in [-0.1, -0.05) is 79.7 Å². The van der Waals surface area contributed by atoms with Crippen LogP contribution in [0.25, 0.3) is 0 Å². The fourth-order valence-corrected chi connectivity index (χ4v) is 8.64. The number of urea groups is 1. The van der Waals surface area contributed by atoms with Crippen molar-refractivity contribution in [1.29, 1.82) is 5.26 Å². The number of methoxy groups -OCH3 is 1. The van der Waals surface area contributed by atoms with E-state index in [1.54, 1.807) is 18.9 Å². The Morgan fingerprint density at radius 1 is 0.980 bits per heavy atom. The first-order valence-corrected chi connectivity index (χ1v) is 18.7. The van der Waals surface area contributed by atoms with Crippen LogP contribution in [0.3, 0.4) is 0 Å². The van der Waals surface area contributed by atoms with Gasteiger partial charge in [0.2, 0.25) is 5.91 Å². The minimum atomic E-state index is -1.60. The van der Waals surface area contributed by atoms with Crippen LogP contribution < -0.4 is 15.4 Å². The van der Waals surface area contributed by atoms with E-state index < -0.39 is 38.5 Å². The third-order valence-electron chi connectivity index (χ3n) is 9.33. The maximum atomic E-state index is 13.1. The van der Waals surface area contributed by atoms with Crippen LogP contribution in [0.1, 0.15) is 64.2 Å². The summed E-state index contributed by atoms with van der Waals surface area (Å²) >= 11 is 0. The predicted molar refractivity (Wildman–Crippen MR) is 197 cm³/mol. The Morgan fingerprint density at radius 2 is 1.57 bits per heavy atom. The number of hydrogen-bond acceptors (Lipinski definition) is 9. The van der Waals surface area contributed by atoms with Crippen LogP contribution in [0.15, 0.2) is 84.9 Å². The number of hydrogen-bond donors (Lipinski definition) is 2. The van der Waals surface area contributed by atoms with E-state index in [1.165, 1.54) is 0 Å². The molecule has 5 rings (SSSR count). The highest BCUT2D eigenvalue weighted by atomic mass is 31.2. The van der Waals surface area contributed by atoms with Crippen molar-refractivity contribution >= 4 is 20.5 Å². The molecule has 0 bridgehead atoms. The number of carbonyl (C=O) groups excluding carboxylic acids is 2. The van der Waals surface area contributed by atoms with Crippen LogP contribution in [-0.2, 0) is 24.1 Å². The number of carbonyl (C=O) groups is 2. The summed E-state index contributed by atoms with van der Waals surface area (Å²) in [5.74, 6) is 0.0704. The highest BCUT2D eigenvalue weighted by Crippen LogP contribution is 2.49. The number of rotatable bonds is 16. The van der Waals surface area contributed by atoms with Crippen molar-refractivity contribution in [3.8, 4) is 11.8 Å². The van der Waals surface area contributed by atoms with Gasteiger partial charge in [-0.05, 0) is 56.5 Å². The van der Waals surface area contributed by atoms with Gasteiger partial charge >= 0.3 is 6.03 Å². The predicted octanol–water partition coefficient (Wildman–Crippen LogP) is 6.54. The molecule has 3 amide bonds. The number of nitriles is 1. The van der Waals surface area contributed by atoms with Crippen LogP contribution in [0, 0.1) is 17.2 Å². The molecule has 51 heavy (non-hydrogen) atoms. The Balaban J connectivity index is 1.54. The second-order valence-electron chi connectivity index (χ2n) is 13.5. The largest absolute Gasteiger partial charge is 0.497 e. The molecule has 2 aliphatic heterocycles. The summed E-state index contributed by atoms with van der Waals surface area (Å²) < 4.78 is 27.7. The molecule has 3 aromatic rings. The van der Waals surface area contributed by atoms with E-state index in [0.29, 0.717) is 13.0 Å². The van der Waals surface area contributed by atoms with Crippen LogP contribution >= 0.6 is 8.53 Å². The van der Waals surface area contributed by atoms with Gasteiger partial charge in [-0.25, -0.2) is 9.46 Å². The molecule has 2 aliphatic rings. The topological polar surface area (TPSA) is 125 Å². The molecule has 0 saturated carbocycles. The van der Waals surface area contributed by atoms with Crippen molar-refractivity contribution in [3.05, 3.63) is 102 Å². The molecule has 3 aromatic carbocycles. The molecule has 12 heteroatoms. The van der Waals surface area contributed by atoms with Crippen LogP contribution in [0.2, 0.25) is 0 Å². The minimum absolute atomic E-state index is 0.103. The second kappa shape index (κ2) is 17.6. The van der Waals surface area contributed by atoms with Crippen LogP contribution in [-0.4, -0.2) is 78.8 Å². The number of ether oxygens (including phenoxy) is 2. The standard InChI is InChI=1S/C39H50N5O6P/c1-27(2)44(28(3)4)51(48-23-13-22-40)50-34-24-36(43-26-29(5)37(45)42-38(43)46)49-35(34)25-41-39(30-14-9-7-10-15-30,31-16-11-8-12-17-31)32-18-20-33(47-6)21-19-32/h7-12,14-21,27-29,34-36,41H,13,23-26H2,1-6H3,(H,42,45,46)/t29?,34-,35-,36-,51?/m1/s1. The molecule has 11 nitrogen and oxygen atoms in total. The third kappa shape index (κ3) is 8.78. The van der Waals surface area contributed by atoms with Crippen molar-refractivity contribution in [2.75, 3.05) is 26.8 Å². The first-order chi connectivity index (χ1) is 24.6. The summed E-state index contributed by atoms with van der Waals surface area (Å²) in [6, 6.07) is 30.5. The molecule has 2 N–H and O–H groups in total. The third-order valence-corrected chi connectivity index (χ3v) is 11.5. The SMILES string of the molecule is COc1ccc(C(NC[C@H]2O[C@@H](N3CC(C)C(=O)NC3=O)C[C@H]2OP(OCCC#N)N(C(C)C)C(C)C)(c2ccccc2)c2ccccc2)cc1. The molecule has 0 spiro atoms. The van der Waals surface area contributed by atoms with Crippen molar-refractivity contribution in [3.63, 3.8) is 0 Å². The highest BCUT2D eigenvalue weighted by molar-refractivity contribution is 7.44. The number of amides is 3. The molecule has 2 saturated heterocycles. The van der Waals surface area contributed by atoms with Crippen molar-refractivity contribution in [1.82, 2.24) is 20.2 Å². The Kier molecular flexibility index (Phi) is 13.2. The molecule has 0 aliphatic carbocycles. The number of nitrogens with zero attached hydrogens (tertiary/aromatic N) is 3. The zero-order chi connectivity index (χ0) is 36.5. The molecular weight excluding hydrogens is 665 g/mol. The van der Waals surface area contributed by atoms with E-state index in [-0.39, 0.29) is 43.5 Å². The second-order valence-corrected chi connectivity index (χ2v) is 14.9. The van der Waals surface area contributed by atoms with Crippen molar-refractivity contribution in [2.24, 2.45) is 5.92 Å². The summed E-state index contributed by atoms with van der Waals surface area (Å²) in [6.07, 6.45) is -1.04. The van der Waals surface area contributed by atoms with Gasteiger partial charge in [0, 0.05) is 31.6 Å². The lowest BCUT2D eigenvalue weighted by Gasteiger charge is -2.39. The van der Waals surface area contributed by atoms with Gasteiger partial charge in [-0.15, -0.1) is 0 Å². The van der Waals surface area contributed by atoms with E-state index in [1.807, 2.05) is 48.5 Å². The lowest BCUT2D eigenvalue weighted by Crippen LogP contribution is -2.57. The summed E-state index contributed by atoms with van der Waals surface area (Å²) in [6.45, 7) is 11.0. The van der Waals surface area contributed by atoms with E-state index in [0.717, 1.165) is 22.4 Å². The smallest absolute Gasteiger partial charge is 0.326 e. The maximum absolute atomic E-state index is 13.1. The highest BCUT2D eigenvalue weighted by Gasteiger charge is 2.47. The number of benzene rings is 3. The number of nitrogens with one attached hydrogen (secondary N) is 2. The van der Waals surface area contributed by atoms with Crippen molar-refractivity contribution < 1.29 is 28.1 Å². The van der Waals surface area contributed by atoms with E-state index in [9.17, 15) is 14.9 Å². The first kappa shape index (κ1) is 38.4. The zero-order valence-electron chi connectivity index (χ0n) is 30.3. The molecule has 0 aromatic heterocycles. The fourth-order valence-electron chi connectivity index (χ4n) is 6.88. The first-order valence-electron chi connectivity index (χ1n) is 17.6. The summed E-state index contributed by atoms with van der Waals surface area (Å²) in [5, 5.41) is 15.7. The average molecular weight is 716 g/mol. The molecule has 2 unspecified atom stereocenters. The van der Waals surface area contributed by atoms with Gasteiger partial charge in [0.1, 0.15) is 12.0 Å². The van der Waals surface area contributed by atoms with Gasteiger partial charge in [0.25, 0.3) is 8.53 Å². The van der Waals surface area contributed by atoms with E-state index in [2.05, 4.69) is 85.5 Å². The van der Waals surface area contributed by atoms with E-state index >= 15 is 0 Å². The van der Waals surface area contributed by atoms with Crippen molar-refractivity contribution in [2.45, 2.75) is 83.5 Å². The molecule has 2 heterocycles. The average Bonchev–Trinajstić information content (AvgIpc) is 3.53. The summed E-state index contributed by atoms with van der Waals surface area (Å²) in [4.78, 5) is 27.1. The summed E-state index contributed by atoms with van der Waals surface area (Å²) in [7, 11) is 0.0490. The number of imide groups is 1. The lowest BCUT2D eigenvalue weighted by atomic mass is 9.77. The molecule has 272 valence electrons. The van der Waals surface area contributed by atoms with Gasteiger partial charge in [-0.3, -0.25) is 20.3 Å². The van der Waals surface area contributed by atoms with Gasteiger partial charge in [-0.2, -0.15) is 5.26 Å². The quantitative estimate of drug-likeness (QED) is 0.0967. The Bertz CT molecular complexity index is 1570. The Labute approximate surface area is 303 Å². The van der Waals surface area contributed by atoms with Gasteiger partial charge in [0.05, 0.1) is 49.9 Å².